The molecule has 2 aromatic rings. The molecule has 0 bridgehead atoms. The molecule has 0 amide bonds. The molecule has 5 heteroatoms. The first-order valence-corrected chi connectivity index (χ1v) is 6.92. The smallest absolute Gasteiger partial charge is 0.168 e. The summed E-state index contributed by atoms with van der Waals surface area (Å²) >= 11 is 0. The molecule has 5 nitrogen and oxygen atoms in total. The number of aromatic nitrogens is 2. The largest absolute Gasteiger partial charge is 0.493 e. The van der Waals surface area contributed by atoms with Gasteiger partial charge in [0.1, 0.15) is 6.33 Å². The second kappa shape index (κ2) is 7.04. The van der Waals surface area contributed by atoms with Gasteiger partial charge in [-0.2, -0.15) is 0 Å². The number of methoxy groups -OCH3 is 2. The second-order valence-electron chi connectivity index (χ2n) is 4.91. The molecular formula is C16H21N3O2. The normalized spacial score (nSPS) is 12.0. The van der Waals surface area contributed by atoms with Crippen LogP contribution >= 0.6 is 0 Å². The lowest BCUT2D eigenvalue weighted by Gasteiger charge is -2.18. The summed E-state index contributed by atoms with van der Waals surface area (Å²) in [5, 5.41) is 0. The number of rotatable bonds is 6. The van der Waals surface area contributed by atoms with E-state index < -0.39 is 0 Å². The van der Waals surface area contributed by atoms with Gasteiger partial charge < -0.3 is 15.2 Å². The summed E-state index contributed by atoms with van der Waals surface area (Å²) in [5.41, 5.74) is 8.66. The van der Waals surface area contributed by atoms with Crippen LogP contribution in [0.2, 0.25) is 0 Å². The van der Waals surface area contributed by atoms with Gasteiger partial charge in [0.25, 0.3) is 0 Å². The van der Waals surface area contributed by atoms with E-state index in [-0.39, 0.29) is 0 Å². The van der Waals surface area contributed by atoms with E-state index in [4.69, 9.17) is 15.2 Å². The van der Waals surface area contributed by atoms with Crippen LogP contribution in [-0.2, 0) is 0 Å². The van der Waals surface area contributed by atoms with Crippen LogP contribution in [0, 0.1) is 0 Å². The van der Waals surface area contributed by atoms with E-state index in [2.05, 4.69) is 23.0 Å². The maximum Gasteiger partial charge on any atom is 0.168 e. The second-order valence-corrected chi connectivity index (χ2v) is 4.91. The van der Waals surface area contributed by atoms with Crippen molar-refractivity contribution in [1.29, 1.82) is 0 Å². The Labute approximate surface area is 125 Å². The minimum absolute atomic E-state index is 0.346. The first-order chi connectivity index (χ1) is 10.2. The minimum atomic E-state index is 0.346. The molecule has 0 saturated heterocycles. The fourth-order valence-electron chi connectivity index (χ4n) is 2.34. The van der Waals surface area contributed by atoms with E-state index in [0.717, 1.165) is 23.1 Å². The summed E-state index contributed by atoms with van der Waals surface area (Å²) in [6, 6.07) is 4.10. The molecule has 2 N–H and O–H groups in total. The lowest BCUT2D eigenvalue weighted by atomic mass is 9.93. The van der Waals surface area contributed by atoms with Gasteiger partial charge >= 0.3 is 0 Å². The van der Waals surface area contributed by atoms with Gasteiger partial charge in [0, 0.05) is 23.5 Å². The predicted octanol–water partition coefficient (Wildman–Crippen LogP) is 2.61. The van der Waals surface area contributed by atoms with E-state index >= 15 is 0 Å². The Kier molecular flexibility index (Phi) is 5.11. The van der Waals surface area contributed by atoms with Crippen LogP contribution in [0.4, 0.5) is 0 Å². The zero-order valence-electron chi connectivity index (χ0n) is 12.7. The highest BCUT2D eigenvalue weighted by Crippen LogP contribution is 2.40. The molecule has 0 radical (unpaired) electrons. The van der Waals surface area contributed by atoms with Gasteiger partial charge in [-0.1, -0.05) is 6.92 Å². The molecule has 0 aliphatic carbocycles. The first kappa shape index (κ1) is 15.3. The quantitative estimate of drug-likeness (QED) is 0.884. The number of nitrogens with zero attached hydrogens (tertiary/aromatic N) is 2. The van der Waals surface area contributed by atoms with Crippen molar-refractivity contribution in [2.75, 3.05) is 20.8 Å². The highest BCUT2D eigenvalue weighted by atomic mass is 16.5. The van der Waals surface area contributed by atoms with Crippen LogP contribution in [-0.4, -0.2) is 30.7 Å². The molecule has 1 aromatic heterocycles. The molecule has 0 aliphatic heterocycles. The Morgan fingerprint density at radius 2 is 1.86 bits per heavy atom. The summed E-state index contributed by atoms with van der Waals surface area (Å²) < 4.78 is 11.0. The molecule has 2 rings (SSSR count). The van der Waals surface area contributed by atoms with Crippen LogP contribution in [0.1, 0.15) is 24.8 Å². The van der Waals surface area contributed by atoms with Crippen molar-refractivity contribution in [3.63, 3.8) is 0 Å². The Hall–Kier alpha value is -2.14. The van der Waals surface area contributed by atoms with Crippen molar-refractivity contribution in [2.24, 2.45) is 5.73 Å². The minimum Gasteiger partial charge on any atom is -0.493 e. The van der Waals surface area contributed by atoms with E-state index in [1.165, 1.54) is 6.33 Å². The monoisotopic (exact) mass is 287 g/mol. The Morgan fingerprint density at radius 3 is 2.43 bits per heavy atom. The highest BCUT2D eigenvalue weighted by molar-refractivity contribution is 5.74. The Morgan fingerprint density at radius 1 is 1.14 bits per heavy atom. The fraction of sp³-hybridized carbons (Fsp3) is 0.375. The molecule has 1 atom stereocenters. The fourth-order valence-corrected chi connectivity index (χ4v) is 2.34. The number of nitrogens with two attached hydrogens (primary N) is 1. The average molecular weight is 287 g/mol. The third-order valence-corrected chi connectivity index (χ3v) is 3.54. The standard InChI is InChI=1S/C16H21N3O2/c1-11(4-5-17)12-6-14(13-8-18-10-19-9-13)16(21-3)15(7-12)20-2/h6-11H,4-5,17H2,1-3H3. The molecule has 0 aliphatic rings. The van der Waals surface area contributed by atoms with E-state index in [1.54, 1.807) is 26.6 Å². The summed E-state index contributed by atoms with van der Waals surface area (Å²) in [7, 11) is 3.27. The third kappa shape index (κ3) is 3.31. The summed E-state index contributed by atoms with van der Waals surface area (Å²) in [6.07, 6.45) is 5.96. The number of hydrogen-bond acceptors (Lipinski definition) is 5. The zero-order chi connectivity index (χ0) is 15.2. The maximum absolute atomic E-state index is 5.67. The molecular weight excluding hydrogens is 266 g/mol. The number of ether oxygens (including phenoxy) is 2. The SMILES string of the molecule is COc1cc(C(C)CCN)cc(-c2cncnc2)c1OC. The summed E-state index contributed by atoms with van der Waals surface area (Å²) in [6.45, 7) is 2.80. The van der Waals surface area contributed by atoms with E-state index in [1.807, 2.05) is 6.07 Å². The molecule has 21 heavy (non-hydrogen) atoms. The van der Waals surface area contributed by atoms with Crippen LogP contribution in [0.15, 0.2) is 30.9 Å². The molecule has 0 fully saturated rings. The van der Waals surface area contributed by atoms with Gasteiger partial charge in [0.2, 0.25) is 0 Å². The highest BCUT2D eigenvalue weighted by Gasteiger charge is 2.17. The van der Waals surface area contributed by atoms with Crippen molar-refractivity contribution in [3.8, 4) is 22.6 Å². The molecule has 1 aromatic carbocycles. The van der Waals surface area contributed by atoms with Crippen LogP contribution < -0.4 is 15.2 Å². The Balaban J connectivity index is 2.58. The van der Waals surface area contributed by atoms with Crippen molar-refractivity contribution < 1.29 is 9.47 Å². The van der Waals surface area contributed by atoms with Crippen molar-refractivity contribution in [1.82, 2.24) is 9.97 Å². The van der Waals surface area contributed by atoms with Crippen molar-refractivity contribution in [3.05, 3.63) is 36.4 Å². The Bertz CT molecular complexity index is 588. The average Bonchev–Trinajstić information content (AvgIpc) is 2.54. The van der Waals surface area contributed by atoms with E-state index in [9.17, 15) is 0 Å². The molecule has 0 spiro atoms. The predicted molar refractivity (Wildman–Crippen MR) is 82.7 cm³/mol. The van der Waals surface area contributed by atoms with Crippen LogP contribution in [0.25, 0.3) is 11.1 Å². The van der Waals surface area contributed by atoms with Gasteiger partial charge in [-0.3, -0.25) is 0 Å². The van der Waals surface area contributed by atoms with Gasteiger partial charge in [0.05, 0.1) is 14.2 Å². The maximum atomic E-state index is 5.67. The van der Waals surface area contributed by atoms with Gasteiger partial charge in [0.15, 0.2) is 11.5 Å². The lowest BCUT2D eigenvalue weighted by Crippen LogP contribution is -2.05. The lowest BCUT2D eigenvalue weighted by molar-refractivity contribution is 0.355. The van der Waals surface area contributed by atoms with Gasteiger partial charge in [-0.25, -0.2) is 9.97 Å². The molecule has 112 valence electrons. The topological polar surface area (TPSA) is 70.3 Å². The van der Waals surface area contributed by atoms with Crippen molar-refractivity contribution in [2.45, 2.75) is 19.3 Å². The van der Waals surface area contributed by atoms with Crippen LogP contribution in [0.5, 0.6) is 11.5 Å². The zero-order valence-corrected chi connectivity index (χ0v) is 12.7. The summed E-state index contributed by atoms with van der Waals surface area (Å²) in [5.74, 6) is 1.74. The third-order valence-electron chi connectivity index (χ3n) is 3.54. The number of benzene rings is 1. The molecule has 1 unspecified atom stereocenters. The van der Waals surface area contributed by atoms with Gasteiger partial charge in [-0.05, 0) is 36.6 Å². The first-order valence-electron chi connectivity index (χ1n) is 6.92. The number of hydrogen-bond donors (Lipinski definition) is 1. The van der Waals surface area contributed by atoms with Crippen molar-refractivity contribution >= 4 is 0 Å². The van der Waals surface area contributed by atoms with Gasteiger partial charge in [-0.15, -0.1) is 0 Å². The van der Waals surface area contributed by atoms with Crippen LogP contribution in [0.3, 0.4) is 0 Å². The molecule has 0 saturated carbocycles. The van der Waals surface area contributed by atoms with E-state index in [0.29, 0.717) is 24.0 Å². The molecule has 1 heterocycles. The summed E-state index contributed by atoms with van der Waals surface area (Å²) in [4.78, 5) is 8.15.